The quantitative estimate of drug-likeness (QED) is 0.249. The monoisotopic (exact) mass is 196 g/mol. The van der Waals surface area contributed by atoms with Crippen LogP contribution < -0.4 is 0 Å². The van der Waals surface area contributed by atoms with Gasteiger partial charge in [-0.05, 0) is 0 Å². The Kier molecular flexibility index (Phi) is 2.88. The molecule has 1 rings (SSSR count). The fourth-order valence-corrected chi connectivity index (χ4v) is 1.13. The summed E-state index contributed by atoms with van der Waals surface area (Å²) in [5.74, 6) is -2.68. The molecule has 7 heteroatoms. The van der Waals surface area contributed by atoms with Gasteiger partial charge in [-0.1, -0.05) is 0 Å². The van der Waals surface area contributed by atoms with E-state index in [1.54, 1.807) is 0 Å². The van der Waals surface area contributed by atoms with Crippen LogP contribution in [-0.4, -0.2) is 67.6 Å². The molecule has 1 fully saturated rings. The molecule has 1 saturated heterocycles. The van der Waals surface area contributed by atoms with Gasteiger partial charge in [0.1, 0.15) is 18.3 Å². The zero-order chi connectivity index (χ0) is 10.2. The lowest BCUT2D eigenvalue weighted by Gasteiger charge is -2.27. The number of hydrogen-bond donors (Lipinski definition) is 6. The molecule has 1 aliphatic rings. The van der Waals surface area contributed by atoms with Gasteiger partial charge in [-0.3, -0.25) is 0 Å². The molecule has 1 heterocycles. The van der Waals surface area contributed by atoms with E-state index in [0.717, 1.165) is 0 Å². The van der Waals surface area contributed by atoms with Gasteiger partial charge in [-0.15, -0.1) is 0 Å². The van der Waals surface area contributed by atoms with Crippen molar-refractivity contribution in [2.24, 2.45) is 0 Å². The van der Waals surface area contributed by atoms with Crippen LogP contribution in [0.3, 0.4) is 0 Å². The first-order valence-electron chi connectivity index (χ1n) is 3.65. The second-order valence-electron chi connectivity index (χ2n) is 2.97. The number of rotatable bonds is 2. The molecule has 0 spiro atoms. The topological polar surface area (TPSA) is 131 Å². The first-order valence-corrected chi connectivity index (χ1v) is 3.65. The summed E-state index contributed by atoms with van der Waals surface area (Å²) in [7, 11) is 0. The molecule has 0 aromatic carbocycles. The van der Waals surface area contributed by atoms with Crippen LogP contribution in [0.15, 0.2) is 0 Å². The molecular formula is C6H12O7. The Morgan fingerprint density at radius 2 is 1.62 bits per heavy atom. The van der Waals surface area contributed by atoms with Crippen molar-refractivity contribution in [3.8, 4) is 0 Å². The Bertz CT molecular complexity index is 182. The molecule has 78 valence electrons. The number of hydrogen-bond acceptors (Lipinski definition) is 7. The van der Waals surface area contributed by atoms with Crippen LogP contribution in [-0.2, 0) is 4.74 Å². The van der Waals surface area contributed by atoms with Gasteiger partial charge < -0.3 is 35.4 Å². The summed E-state index contributed by atoms with van der Waals surface area (Å²) in [6, 6.07) is 0. The molecule has 2 unspecified atom stereocenters. The van der Waals surface area contributed by atoms with E-state index in [1.807, 2.05) is 0 Å². The predicted octanol–water partition coefficient (Wildman–Crippen LogP) is -3.90. The van der Waals surface area contributed by atoms with E-state index in [4.69, 9.17) is 30.6 Å². The third-order valence-corrected chi connectivity index (χ3v) is 1.93. The first kappa shape index (κ1) is 10.8. The van der Waals surface area contributed by atoms with Gasteiger partial charge in [-0.2, -0.15) is 0 Å². The van der Waals surface area contributed by atoms with E-state index >= 15 is 0 Å². The predicted molar refractivity (Wildman–Crippen MR) is 37.1 cm³/mol. The highest BCUT2D eigenvalue weighted by atomic mass is 16.7. The van der Waals surface area contributed by atoms with Crippen molar-refractivity contribution in [3.63, 3.8) is 0 Å². The highest BCUT2D eigenvalue weighted by molar-refractivity contribution is 4.93. The zero-order valence-corrected chi connectivity index (χ0v) is 6.61. The molecule has 0 bridgehead atoms. The van der Waals surface area contributed by atoms with Crippen LogP contribution in [0.5, 0.6) is 0 Å². The summed E-state index contributed by atoms with van der Waals surface area (Å²) in [5.41, 5.74) is 0. The van der Waals surface area contributed by atoms with E-state index < -0.39 is 37.0 Å². The van der Waals surface area contributed by atoms with Crippen molar-refractivity contribution in [2.75, 3.05) is 6.61 Å². The van der Waals surface area contributed by atoms with Crippen LogP contribution in [0.25, 0.3) is 0 Å². The SMILES string of the molecule is OCC(O)(O)[C@H]1O[C@@H](O)C(O)C1O. The fourth-order valence-electron chi connectivity index (χ4n) is 1.13. The maximum absolute atomic E-state index is 9.13. The smallest absolute Gasteiger partial charge is 0.216 e. The Labute approximate surface area is 73.4 Å². The minimum absolute atomic E-state index is 1.08. The number of aliphatic hydroxyl groups is 6. The van der Waals surface area contributed by atoms with Crippen molar-refractivity contribution in [1.29, 1.82) is 0 Å². The van der Waals surface area contributed by atoms with Crippen LogP contribution >= 0.6 is 0 Å². The first-order chi connectivity index (χ1) is 5.90. The van der Waals surface area contributed by atoms with Crippen LogP contribution in [0.4, 0.5) is 0 Å². The second-order valence-corrected chi connectivity index (χ2v) is 2.97. The Balaban J connectivity index is 2.73. The molecule has 1 aliphatic heterocycles. The minimum atomic E-state index is -2.68. The third-order valence-electron chi connectivity index (χ3n) is 1.93. The lowest BCUT2D eigenvalue weighted by atomic mass is 10.0. The molecule has 0 saturated carbocycles. The Morgan fingerprint density at radius 3 is 1.92 bits per heavy atom. The summed E-state index contributed by atoms with van der Waals surface area (Å²) in [4.78, 5) is 0. The summed E-state index contributed by atoms with van der Waals surface area (Å²) in [6.45, 7) is -1.08. The maximum Gasteiger partial charge on any atom is 0.216 e. The summed E-state index contributed by atoms with van der Waals surface area (Å²) >= 11 is 0. The van der Waals surface area contributed by atoms with Crippen LogP contribution in [0.1, 0.15) is 0 Å². The highest BCUT2D eigenvalue weighted by Gasteiger charge is 2.51. The second kappa shape index (κ2) is 3.46. The molecule has 7 nitrogen and oxygen atoms in total. The van der Waals surface area contributed by atoms with E-state index in [0.29, 0.717) is 0 Å². The Morgan fingerprint density at radius 1 is 1.08 bits per heavy atom. The molecule has 4 atom stereocenters. The minimum Gasteiger partial charge on any atom is -0.391 e. The summed E-state index contributed by atoms with van der Waals surface area (Å²) < 4.78 is 4.44. The number of aliphatic hydroxyl groups excluding tert-OH is 4. The lowest BCUT2D eigenvalue weighted by molar-refractivity contribution is -0.275. The highest BCUT2D eigenvalue weighted by Crippen LogP contribution is 2.26. The van der Waals surface area contributed by atoms with Crippen LogP contribution in [0.2, 0.25) is 0 Å². The van der Waals surface area contributed by atoms with Crippen molar-refractivity contribution in [2.45, 2.75) is 30.4 Å². The van der Waals surface area contributed by atoms with Crippen LogP contribution in [0, 0.1) is 0 Å². The number of ether oxygens (including phenoxy) is 1. The van der Waals surface area contributed by atoms with Crippen molar-refractivity contribution in [1.82, 2.24) is 0 Å². The molecule has 13 heavy (non-hydrogen) atoms. The van der Waals surface area contributed by atoms with E-state index in [1.165, 1.54) is 0 Å². The average Bonchev–Trinajstić information content (AvgIpc) is 2.33. The van der Waals surface area contributed by atoms with Gasteiger partial charge in [-0.25, -0.2) is 0 Å². The maximum atomic E-state index is 9.13. The van der Waals surface area contributed by atoms with Gasteiger partial charge in [0.25, 0.3) is 0 Å². The normalized spacial score (nSPS) is 41.1. The summed E-state index contributed by atoms with van der Waals surface area (Å²) in [5, 5.41) is 53.5. The molecule has 0 aromatic heterocycles. The molecule has 0 aromatic rings. The van der Waals surface area contributed by atoms with E-state index in [2.05, 4.69) is 4.74 Å². The fraction of sp³-hybridized carbons (Fsp3) is 1.00. The molecular weight excluding hydrogens is 184 g/mol. The zero-order valence-electron chi connectivity index (χ0n) is 6.61. The standard InChI is InChI=1S/C6H12O7/c7-1-6(11,12)4-2(8)3(9)5(10)13-4/h2-5,7-12H,1H2/t2?,3?,4-,5+/m0/s1. The van der Waals surface area contributed by atoms with E-state index in [-0.39, 0.29) is 0 Å². The molecule has 0 amide bonds. The van der Waals surface area contributed by atoms with Gasteiger partial charge in [0.15, 0.2) is 6.29 Å². The van der Waals surface area contributed by atoms with Gasteiger partial charge in [0.2, 0.25) is 5.79 Å². The van der Waals surface area contributed by atoms with Gasteiger partial charge >= 0.3 is 0 Å². The van der Waals surface area contributed by atoms with Gasteiger partial charge in [0, 0.05) is 0 Å². The molecule has 0 radical (unpaired) electrons. The largest absolute Gasteiger partial charge is 0.391 e. The Hall–Kier alpha value is -0.280. The average molecular weight is 196 g/mol. The van der Waals surface area contributed by atoms with Crippen molar-refractivity contribution >= 4 is 0 Å². The van der Waals surface area contributed by atoms with Crippen molar-refractivity contribution < 1.29 is 35.4 Å². The molecule has 6 N–H and O–H groups in total. The van der Waals surface area contributed by atoms with E-state index in [9.17, 15) is 0 Å². The van der Waals surface area contributed by atoms with Crippen molar-refractivity contribution in [3.05, 3.63) is 0 Å². The molecule has 0 aliphatic carbocycles. The summed E-state index contributed by atoms with van der Waals surface area (Å²) in [6.07, 6.45) is -6.60. The lowest BCUT2D eigenvalue weighted by Crippen LogP contribution is -2.51. The van der Waals surface area contributed by atoms with Gasteiger partial charge in [0.05, 0.1) is 6.61 Å². The third kappa shape index (κ3) is 1.81.